The summed E-state index contributed by atoms with van der Waals surface area (Å²) in [6, 6.07) is 0. The number of nitrogens with zero attached hydrogens (tertiary/aromatic N) is 2. The largest absolute Gasteiger partial charge is 0.353 e. The van der Waals surface area contributed by atoms with Crippen LogP contribution in [0.1, 0.15) is 32.5 Å². The van der Waals surface area contributed by atoms with Gasteiger partial charge in [-0.2, -0.15) is 13.8 Å². The molecule has 0 fully saturated rings. The van der Waals surface area contributed by atoms with Crippen molar-refractivity contribution in [3.63, 3.8) is 0 Å². The number of hydrogen-bond acceptors (Lipinski definition) is 4. The third kappa shape index (κ3) is 4.83. The van der Waals surface area contributed by atoms with Gasteiger partial charge in [0.25, 0.3) is 0 Å². The number of hydrogen-bond donors (Lipinski definition) is 0. The summed E-state index contributed by atoms with van der Waals surface area (Å²) in [5.41, 5.74) is 0. The minimum Gasteiger partial charge on any atom is -0.339 e. The van der Waals surface area contributed by atoms with Crippen LogP contribution >= 0.6 is 0 Å². The second-order valence-electron chi connectivity index (χ2n) is 3.80. The molecule has 6 heteroatoms. The van der Waals surface area contributed by atoms with Crippen LogP contribution in [0.4, 0.5) is 8.78 Å². The van der Waals surface area contributed by atoms with Crippen LogP contribution in [0.25, 0.3) is 0 Å². The zero-order chi connectivity index (χ0) is 11.5. The van der Waals surface area contributed by atoms with E-state index in [4.69, 9.17) is 4.52 Å². The van der Waals surface area contributed by atoms with Crippen LogP contribution in [0.2, 0.25) is 0 Å². The van der Waals surface area contributed by atoms with Gasteiger partial charge in [-0.1, -0.05) is 19.0 Å². The summed E-state index contributed by atoms with van der Waals surface area (Å²) >= 11 is 0. The normalized spacial score (nSPS) is 12.4. The van der Waals surface area contributed by atoms with Gasteiger partial charge < -0.3 is 9.26 Å². The molecular weight excluding hydrogens is 206 g/mol. The van der Waals surface area contributed by atoms with Crippen LogP contribution in [0.15, 0.2) is 4.52 Å². The van der Waals surface area contributed by atoms with E-state index in [1.807, 2.05) is 13.8 Å². The molecule has 0 aliphatic carbocycles. The summed E-state index contributed by atoms with van der Waals surface area (Å²) in [6.07, 6.45) is -2.53. The van der Waals surface area contributed by atoms with E-state index < -0.39 is 6.11 Å². The van der Waals surface area contributed by atoms with Crippen molar-refractivity contribution in [2.45, 2.75) is 39.9 Å². The van der Waals surface area contributed by atoms with Crippen LogP contribution < -0.4 is 0 Å². The van der Waals surface area contributed by atoms with Crippen molar-refractivity contribution in [3.05, 3.63) is 11.7 Å². The second kappa shape index (κ2) is 4.65. The first kappa shape index (κ1) is 12.0. The van der Waals surface area contributed by atoms with E-state index >= 15 is 0 Å². The van der Waals surface area contributed by atoms with Gasteiger partial charge in [-0.15, -0.1) is 0 Å². The Morgan fingerprint density at radius 1 is 1.47 bits per heavy atom. The number of halogens is 2. The predicted octanol–water partition coefficient (Wildman–Crippen LogP) is 2.40. The lowest BCUT2D eigenvalue weighted by molar-refractivity contribution is -0.232. The third-order valence-corrected chi connectivity index (χ3v) is 1.55. The average molecular weight is 220 g/mol. The van der Waals surface area contributed by atoms with E-state index in [1.54, 1.807) is 0 Å². The molecule has 0 aliphatic rings. The van der Waals surface area contributed by atoms with Crippen molar-refractivity contribution in [1.82, 2.24) is 10.1 Å². The van der Waals surface area contributed by atoms with Crippen molar-refractivity contribution in [3.8, 4) is 0 Å². The van der Waals surface area contributed by atoms with E-state index in [1.165, 1.54) is 0 Å². The van der Waals surface area contributed by atoms with Crippen LogP contribution in [0, 0.1) is 5.92 Å². The molecule has 1 heterocycles. The van der Waals surface area contributed by atoms with Crippen LogP contribution in [-0.4, -0.2) is 16.2 Å². The average Bonchev–Trinajstić information content (AvgIpc) is 2.46. The maximum atomic E-state index is 12.3. The molecule has 1 aromatic heterocycles. The number of alkyl halides is 2. The van der Waals surface area contributed by atoms with Crippen molar-refractivity contribution < 1.29 is 18.0 Å². The van der Waals surface area contributed by atoms with Gasteiger partial charge in [0.15, 0.2) is 5.82 Å². The molecule has 0 unspecified atom stereocenters. The van der Waals surface area contributed by atoms with Gasteiger partial charge in [-0.25, -0.2) is 0 Å². The van der Waals surface area contributed by atoms with Gasteiger partial charge in [-0.3, -0.25) is 0 Å². The molecule has 15 heavy (non-hydrogen) atoms. The summed E-state index contributed by atoms with van der Waals surface area (Å²) in [5.74, 6) is 0.974. The molecule has 0 atom stereocenters. The molecule has 0 N–H and O–H groups in total. The summed E-state index contributed by atoms with van der Waals surface area (Å²) < 4.78 is 33.7. The fourth-order valence-corrected chi connectivity index (χ4v) is 0.972. The molecule has 0 radical (unpaired) electrons. The fourth-order valence-electron chi connectivity index (χ4n) is 0.972. The molecule has 4 nitrogen and oxygen atoms in total. The second-order valence-corrected chi connectivity index (χ2v) is 3.80. The molecule has 1 aromatic rings. The van der Waals surface area contributed by atoms with Crippen LogP contribution in [0.3, 0.4) is 0 Å². The minimum absolute atomic E-state index is 0.146. The Morgan fingerprint density at radius 3 is 2.67 bits per heavy atom. The molecule has 0 spiro atoms. The molecule has 0 amide bonds. The zero-order valence-corrected chi connectivity index (χ0v) is 8.96. The molecular formula is C9H14F2N2O2. The van der Waals surface area contributed by atoms with E-state index in [0.717, 1.165) is 0 Å². The first-order valence-electron chi connectivity index (χ1n) is 4.70. The topological polar surface area (TPSA) is 48.2 Å². The molecule has 0 saturated carbocycles. The molecule has 0 aromatic carbocycles. The number of ether oxygens (including phenoxy) is 1. The smallest absolute Gasteiger partial charge is 0.339 e. The zero-order valence-electron chi connectivity index (χ0n) is 8.96. The van der Waals surface area contributed by atoms with Crippen molar-refractivity contribution in [2.75, 3.05) is 0 Å². The predicted molar refractivity (Wildman–Crippen MR) is 48.3 cm³/mol. The minimum atomic E-state index is -3.17. The molecule has 0 bridgehead atoms. The quantitative estimate of drug-likeness (QED) is 0.764. The molecule has 0 aliphatic heterocycles. The fraction of sp³-hybridized carbons (Fsp3) is 0.778. The Morgan fingerprint density at radius 2 is 2.13 bits per heavy atom. The van der Waals surface area contributed by atoms with Crippen LogP contribution in [0.5, 0.6) is 0 Å². The van der Waals surface area contributed by atoms with E-state index in [9.17, 15) is 8.78 Å². The number of rotatable bonds is 5. The number of aromatic nitrogens is 2. The standard InChI is InChI=1S/C9H14F2N2O2/c1-6(2)4-8-12-7(13-15-8)5-14-9(3,10)11/h6H,4-5H2,1-3H3. The highest BCUT2D eigenvalue weighted by Gasteiger charge is 2.22. The maximum Gasteiger partial charge on any atom is 0.353 e. The van der Waals surface area contributed by atoms with Gasteiger partial charge in [0, 0.05) is 13.3 Å². The highest BCUT2D eigenvalue weighted by molar-refractivity contribution is 4.85. The highest BCUT2D eigenvalue weighted by Crippen LogP contribution is 2.15. The lowest BCUT2D eigenvalue weighted by Crippen LogP contribution is -2.15. The summed E-state index contributed by atoms with van der Waals surface area (Å²) in [6.45, 7) is 4.33. The Kier molecular flexibility index (Phi) is 3.73. The van der Waals surface area contributed by atoms with E-state index in [2.05, 4.69) is 14.9 Å². The summed E-state index contributed by atoms with van der Waals surface area (Å²) in [7, 11) is 0. The van der Waals surface area contributed by atoms with Crippen molar-refractivity contribution in [1.29, 1.82) is 0 Å². The first-order chi connectivity index (χ1) is 6.87. The first-order valence-corrected chi connectivity index (χ1v) is 4.70. The summed E-state index contributed by atoms with van der Waals surface area (Å²) in [4.78, 5) is 3.92. The van der Waals surface area contributed by atoms with Gasteiger partial charge in [0.2, 0.25) is 5.89 Å². The Bertz CT molecular complexity index is 307. The van der Waals surface area contributed by atoms with Crippen LogP contribution in [-0.2, 0) is 17.8 Å². The Hall–Kier alpha value is -1.04. The Balaban J connectivity index is 2.46. The monoisotopic (exact) mass is 220 g/mol. The van der Waals surface area contributed by atoms with Crippen molar-refractivity contribution >= 4 is 0 Å². The maximum absolute atomic E-state index is 12.3. The van der Waals surface area contributed by atoms with E-state index in [0.29, 0.717) is 25.2 Å². The van der Waals surface area contributed by atoms with Gasteiger partial charge in [-0.05, 0) is 5.92 Å². The lowest BCUT2D eigenvalue weighted by atomic mass is 10.1. The van der Waals surface area contributed by atoms with Gasteiger partial charge >= 0.3 is 6.11 Å². The van der Waals surface area contributed by atoms with E-state index in [-0.39, 0.29) is 12.4 Å². The highest BCUT2D eigenvalue weighted by atomic mass is 19.3. The Labute approximate surface area is 86.6 Å². The molecule has 1 rings (SSSR count). The van der Waals surface area contributed by atoms with Gasteiger partial charge in [0.1, 0.15) is 6.61 Å². The third-order valence-electron chi connectivity index (χ3n) is 1.55. The molecule has 86 valence electrons. The van der Waals surface area contributed by atoms with Gasteiger partial charge in [0.05, 0.1) is 0 Å². The van der Waals surface area contributed by atoms with Crippen molar-refractivity contribution in [2.24, 2.45) is 5.92 Å². The lowest BCUT2D eigenvalue weighted by Gasteiger charge is -2.08. The summed E-state index contributed by atoms with van der Waals surface area (Å²) in [5, 5.41) is 3.53. The SMILES string of the molecule is CC(C)Cc1nc(COC(C)(F)F)no1. The molecule has 0 saturated heterocycles.